The molecule has 1 unspecified atom stereocenters. The van der Waals surface area contributed by atoms with Gasteiger partial charge in [0.05, 0.1) is 0 Å². The summed E-state index contributed by atoms with van der Waals surface area (Å²) in [5.41, 5.74) is 2.97. The van der Waals surface area contributed by atoms with E-state index in [0.29, 0.717) is 5.50 Å². The minimum absolute atomic E-state index is 0.365. The smallest absolute Gasteiger partial charge is 0.152 e. The summed E-state index contributed by atoms with van der Waals surface area (Å²) in [7, 11) is 0. The number of fused-ring (bicyclic) bond motifs is 2. The molecule has 1 N–H and O–H groups in total. The lowest BCUT2D eigenvalue weighted by molar-refractivity contribution is 0.365. The molecule has 0 amide bonds. The first-order valence-electron chi connectivity index (χ1n) is 5.93. The van der Waals surface area contributed by atoms with E-state index < -0.39 is 0 Å². The second kappa shape index (κ2) is 4.07. The highest BCUT2D eigenvalue weighted by Gasteiger charge is 2.24. The molecule has 0 spiro atoms. The number of hydrogen-bond acceptors (Lipinski definition) is 4. The Bertz CT molecular complexity index is 657. The number of nitrogens with one attached hydrogen (secondary N) is 1. The van der Waals surface area contributed by atoms with Crippen molar-refractivity contribution in [2.24, 2.45) is 0 Å². The maximum absolute atomic E-state index is 3.60. The number of benzene rings is 1. The molecule has 0 fully saturated rings. The fourth-order valence-electron chi connectivity index (χ4n) is 2.38. The number of thioether (sulfide) groups is 1. The van der Waals surface area contributed by atoms with Crippen LogP contribution >= 0.6 is 23.1 Å². The summed E-state index contributed by atoms with van der Waals surface area (Å²) in [4.78, 5) is 2.31. The normalized spacial score (nSPS) is 21.9. The lowest BCUT2D eigenvalue weighted by Gasteiger charge is -2.31. The molecule has 4 heteroatoms. The molecule has 2 aromatic rings. The minimum Gasteiger partial charge on any atom is -0.356 e. The van der Waals surface area contributed by atoms with Crippen molar-refractivity contribution < 1.29 is 0 Å². The van der Waals surface area contributed by atoms with Crippen LogP contribution < -0.4 is 5.32 Å². The molecule has 0 radical (unpaired) electrons. The van der Waals surface area contributed by atoms with Gasteiger partial charge in [-0.15, -0.1) is 11.3 Å². The van der Waals surface area contributed by atoms with Crippen molar-refractivity contribution in [2.75, 3.05) is 6.54 Å². The number of thiophene rings is 1. The summed E-state index contributed by atoms with van der Waals surface area (Å²) in [6.45, 7) is 0.987. The van der Waals surface area contributed by atoms with E-state index >= 15 is 0 Å². The highest BCUT2D eigenvalue weighted by atomic mass is 32.2. The van der Waals surface area contributed by atoms with Crippen molar-refractivity contribution in [3.05, 3.63) is 52.9 Å². The van der Waals surface area contributed by atoms with E-state index in [2.05, 4.69) is 57.5 Å². The lowest BCUT2D eigenvalue weighted by atomic mass is 10.1. The van der Waals surface area contributed by atoms with Crippen LogP contribution in [0.3, 0.4) is 0 Å². The monoisotopic (exact) mass is 272 g/mol. The maximum Gasteiger partial charge on any atom is 0.152 e. The Balaban J connectivity index is 1.75. The van der Waals surface area contributed by atoms with Gasteiger partial charge in [0.1, 0.15) is 0 Å². The van der Waals surface area contributed by atoms with E-state index in [1.165, 1.54) is 21.3 Å². The van der Waals surface area contributed by atoms with Gasteiger partial charge < -0.3 is 10.2 Å². The van der Waals surface area contributed by atoms with Gasteiger partial charge in [-0.05, 0) is 17.6 Å². The molecule has 1 aromatic carbocycles. The van der Waals surface area contributed by atoms with Crippen molar-refractivity contribution in [1.29, 1.82) is 0 Å². The topological polar surface area (TPSA) is 15.3 Å². The van der Waals surface area contributed by atoms with Crippen LogP contribution in [0.1, 0.15) is 5.56 Å². The minimum atomic E-state index is 0.365. The molecule has 0 bridgehead atoms. The number of rotatable bonds is 1. The molecule has 2 nitrogen and oxygen atoms in total. The highest BCUT2D eigenvalue weighted by molar-refractivity contribution is 8.02. The first kappa shape index (κ1) is 10.5. The van der Waals surface area contributed by atoms with Crippen LogP contribution in [0.25, 0.3) is 15.8 Å². The molecular formula is C14H12N2S2. The Morgan fingerprint density at radius 1 is 1.28 bits per heavy atom. The number of nitrogens with zero attached hydrogens (tertiary/aromatic N) is 1. The maximum atomic E-state index is 3.60. The molecule has 3 heterocycles. The SMILES string of the molecule is C1=CN2CC=C(c3csc4ccccc34)NC2S1. The quantitative estimate of drug-likeness (QED) is 0.853. The standard InChI is InChI=1S/C14H12N2S2/c1-2-4-13-10(3-1)11(9-18-13)12-5-6-16-7-8-17-14(16)15-12/h1-5,7-9,14-15H,6H2. The van der Waals surface area contributed by atoms with Crippen molar-refractivity contribution >= 4 is 38.9 Å². The van der Waals surface area contributed by atoms with Crippen LogP contribution in [0.15, 0.2) is 47.3 Å². The molecule has 1 aromatic heterocycles. The van der Waals surface area contributed by atoms with Gasteiger partial charge in [0, 0.05) is 39.5 Å². The molecule has 4 rings (SSSR count). The van der Waals surface area contributed by atoms with Crippen LogP contribution in [0.4, 0.5) is 0 Å². The van der Waals surface area contributed by atoms with Gasteiger partial charge in [-0.3, -0.25) is 0 Å². The van der Waals surface area contributed by atoms with Gasteiger partial charge in [-0.1, -0.05) is 30.0 Å². The van der Waals surface area contributed by atoms with Gasteiger partial charge in [-0.25, -0.2) is 0 Å². The first-order valence-corrected chi connectivity index (χ1v) is 7.75. The number of hydrogen-bond donors (Lipinski definition) is 1. The third-order valence-corrected chi connectivity index (χ3v) is 5.21. The van der Waals surface area contributed by atoms with Gasteiger partial charge in [0.25, 0.3) is 0 Å². The van der Waals surface area contributed by atoms with E-state index in [1.54, 1.807) is 0 Å². The van der Waals surface area contributed by atoms with Crippen molar-refractivity contribution in [3.8, 4) is 0 Å². The van der Waals surface area contributed by atoms with Gasteiger partial charge in [-0.2, -0.15) is 0 Å². The van der Waals surface area contributed by atoms with Crippen LogP contribution in [0, 0.1) is 0 Å². The zero-order valence-corrected chi connectivity index (χ0v) is 11.3. The summed E-state index contributed by atoms with van der Waals surface area (Å²) in [6.07, 6.45) is 4.43. The molecule has 2 aliphatic rings. The van der Waals surface area contributed by atoms with Crippen molar-refractivity contribution in [1.82, 2.24) is 10.2 Å². The first-order chi connectivity index (χ1) is 8.92. The Hall–Kier alpha value is -1.39. The molecule has 18 heavy (non-hydrogen) atoms. The van der Waals surface area contributed by atoms with Crippen LogP contribution in [0.5, 0.6) is 0 Å². The summed E-state index contributed by atoms with van der Waals surface area (Å²) in [5, 5.41) is 9.37. The molecule has 2 aliphatic heterocycles. The third-order valence-electron chi connectivity index (χ3n) is 3.32. The second-order valence-electron chi connectivity index (χ2n) is 4.38. The Kier molecular flexibility index (Phi) is 2.38. The summed E-state index contributed by atoms with van der Waals surface area (Å²) in [5.74, 6) is 0. The lowest BCUT2D eigenvalue weighted by Crippen LogP contribution is -2.40. The van der Waals surface area contributed by atoms with E-state index in [1.807, 2.05) is 23.1 Å². The van der Waals surface area contributed by atoms with Crippen molar-refractivity contribution in [3.63, 3.8) is 0 Å². The second-order valence-corrected chi connectivity index (χ2v) is 6.28. The Morgan fingerprint density at radius 3 is 3.22 bits per heavy atom. The van der Waals surface area contributed by atoms with Gasteiger partial charge >= 0.3 is 0 Å². The van der Waals surface area contributed by atoms with Crippen LogP contribution in [-0.2, 0) is 0 Å². The zero-order chi connectivity index (χ0) is 11.9. The fourth-order valence-corrected chi connectivity index (χ4v) is 4.22. The average Bonchev–Trinajstić information content (AvgIpc) is 3.04. The zero-order valence-electron chi connectivity index (χ0n) is 9.67. The highest BCUT2D eigenvalue weighted by Crippen LogP contribution is 2.34. The predicted molar refractivity (Wildman–Crippen MR) is 80.2 cm³/mol. The molecule has 0 aliphatic carbocycles. The van der Waals surface area contributed by atoms with Crippen molar-refractivity contribution in [2.45, 2.75) is 5.50 Å². The molecule has 1 atom stereocenters. The third kappa shape index (κ3) is 1.56. The summed E-state index contributed by atoms with van der Waals surface area (Å²) in [6, 6.07) is 8.60. The predicted octanol–water partition coefficient (Wildman–Crippen LogP) is 3.65. The summed E-state index contributed by atoms with van der Waals surface area (Å²) < 4.78 is 1.36. The van der Waals surface area contributed by atoms with Gasteiger partial charge in [0.15, 0.2) is 5.50 Å². The average molecular weight is 272 g/mol. The van der Waals surface area contributed by atoms with Crippen LogP contribution in [0.2, 0.25) is 0 Å². The molecule has 0 saturated carbocycles. The summed E-state index contributed by atoms with van der Waals surface area (Å²) >= 11 is 3.65. The van der Waals surface area contributed by atoms with E-state index in [4.69, 9.17) is 0 Å². The molecule has 90 valence electrons. The molecular weight excluding hydrogens is 260 g/mol. The Morgan fingerprint density at radius 2 is 2.22 bits per heavy atom. The van der Waals surface area contributed by atoms with E-state index in [-0.39, 0.29) is 0 Å². The largest absolute Gasteiger partial charge is 0.356 e. The van der Waals surface area contributed by atoms with E-state index in [9.17, 15) is 0 Å². The van der Waals surface area contributed by atoms with Gasteiger partial charge in [0.2, 0.25) is 0 Å². The molecule has 0 saturated heterocycles. The van der Waals surface area contributed by atoms with Crippen LogP contribution in [-0.4, -0.2) is 16.9 Å². The fraction of sp³-hybridized carbons (Fsp3) is 0.143. The Labute approximate surface area is 114 Å². The van der Waals surface area contributed by atoms with E-state index in [0.717, 1.165) is 6.54 Å².